The monoisotopic (exact) mass is 459 g/mol. The minimum atomic E-state index is -1.02. The summed E-state index contributed by atoms with van der Waals surface area (Å²) in [6, 6.07) is 14.3. The van der Waals surface area contributed by atoms with Crippen molar-refractivity contribution in [1.82, 2.24) is 4.90 Å². The summed E-state index contributed by atoms with van der Waals surface area (Å²) in [7, 11) is 0. The zero-order valence-electron chi connectivity index (χ0n) is 16.8. The van der Waals surface area contributed by atoms with Crippen molar-refractivity contribution in [2.75, 3.05) is 6.54 Å². The van der Waals surface area contributed by atoms with Crippen molar-refractivity contribution in [1.29, 1.82) is 0 Å². The van der Waals surface area contributed by atoms with Crippen molar-refractivity contribution >= 4 is 41.7 Å². The minimum Gasteiger partial charge on any atom is -0.357 e. The highest BCUT2D eigenvalue weighted by molar-refractivity contribution is 6.30. The molecule has 1 unspecified atom stereocenters. The highest BCUT2D eigenvalue weighted by atomic mass is 35.5. The van der Waals surface area contributed by atoms with Gasteiger partial charge in [0.15, 0.2) is 0 Å². The number of carbonyl (C=O) groups excluding carboxylic acids is 3. The van der Waals surface area contributed by atoms with Crippen LogP contribution in [0.5, 0.6) is 0 Å². The van der Waals surface area contributed by atoms with Gasteiger partial charge in [0.2, 0.25) is 0 Å². The van der Waals surface area contributed by atoms with E-state index in [9.17, 15) is 14.4 Å². The number of hydrogen-bond donors (Lipinski definition) is 0. The Hall–Kier alpha value is -2.21. The van der Waals surface area contributed by atoms with Crippen LogP contribution in [-0.2, 0) is 19.1 Å². The molecule has 31 heavy (non-hydrogen) atoms. The van der Waals surface area contributed by atoms with Crippen LogP contribution >= 0.6 is 23.2 Å². The van der Waals surface area contributed by atoms with E-state index in [1.54, 1.807) is 18.2 Å². The van der Waals surface area contributed by atoms with Crippen molar-refractivity contribution in [2.24, 2.45) is 11.8 Å². The quantitative estimate of drug-likeness (QED) is 0.530. The molecule has 1 aliphatic carbocycles. The number of aldehydes is 2. The first-order valence-corrected chi connectivity index (χ1v) is 11.1. The maximum atomic E-state index is 13.5. The van der Waals surface area contributed by atoms with Gasteiger partial charge in [-0.15, -0.1) is 0 Å². The maximum absolute atomic E-state index is 13.5. The van der Waals surface area contributed by atoms with E-state index in [4.69, 9.17) is 27.9 Å². The normalized spacial score (nSPS) is 24.6. The van der Waals surface area contributed by atoms with Gasteiger partial charge in [0, 0.05) is 23.0 Å². The van der Waals surface area contributed by atoms with Gasteiger partial charge in [-0.25, -0.2) is 0 Å². The van der Waals surface area contributed by atoms with E-state index in [-0.39, 0.29) is 12.3 Å². The zero-order chi connectivity index (χ0) is 22.0. The molecule has 162 valence electrons. The van der Waals surface area contributed by atoms with Gasteiger partial charge in [-0.3, -0.25) is 4.79 Å². The molecule has 1 saturated carbocycles. The summed E-state index contributed by atoms with van der Waals surface area (Å²) >= 11 is 12.4. The lowest BCUT2D eigenvalue weighted by Gasteiger charge is -2.46. The van der Waals surface area contributed by atoms with Crippen LogP contribution in [-0.4, -0.2) is 36.0 Å². The Morgan fingerprint density at radius 3 is 2.39 bits per heavy atom. The van der Waals surface area contributed by atoms with E-state index in [1.807, 2.05) is 35.2 Å². The van der Waals surface area contributed by atoms with Crippen LogP contribution < -0.4 is 0 Å². The molecule has 2 aromatic carbocycles. The lowest BCUT2D eigenvalue weighted by atomic mass is 9.88. The third-order valence-electron chi connectivity index (χ3n) is 5.91. The first-order chi connectivity index (χ1) is 15.0. The number of benzene rings is 2. The average molecular weight is 460 g/mol. The number of halogens is 2. The molecule has 0 N–H and O–H groups in total. The number of carbonyl (C=O) groups is 3. The summed E-state index contributed by atoms with van der Waals surface area (Å²) in [5, 5.41) is 1.16. The SMILES string of the molecule is O=CCC(C=O)[C@@H]1O[C@@H](c2cccc(Cl)c2)[C@@H](c2ccc(Cl)cc2)N(CC2CC2)C1=O. The Bertz CT molecular complexity index is 960. The molecule has 1 amide bonds. The molecule has 2 aliphatic rings. The fourth-order valence-corrected chi connectivity index (χ4v) is 4.47. The summed E-state index contributed by atoms with van der Waals surface area (Å²) in [6.45, 7) is 0.579. The summed E-state index contributed by atoms with van der Waals surface area (Å²) < 4.78 is 6.30. The second-order valence-corrected chi connectivity index (χ2v) is 9.04. The molecule has 2 fully saturated rings. The molecule has 0 spiro atoms. The molecular weight excluding hydrogens is 437 g/mol. The van der Waals surface area contributed by atoms with Crippen LogP contribution in [0.3, 0.4) is 0 Å². The largest absolute Gasteiger partial charge is 0.357 e. The van der Waals surface area contributed by atoms with Crippen LogP contribution in [0.2, 0.25) is 10.0 Å². The molecule has 4 rings (SSSR count). The van der Waals surface area contributed by atoms with Crippen molar-refractivity contribution in [3.05, 3.63) is 69.7 Å². The molecule has 0 aromatic heterocycles. The van der Waals surface area contributed by atoms with Crippen molar-refractivity contribution < 1.29 is 19.1 Å². The fraction of sp³-hybridized carbons (Fsp3) is 0.375. The second-order valence-electron chi connectivity index (χ2n) is 8.16. The van der Waals surface area contributed by atoms with Gasteiger partial charge in [-0.05, 0) is 54.2 Å². The average Bonchev–Trinajstić information content (AvgIpc) is 3.58. The Balaban J connectivity index is 1.81. The summed E-state index contributed by atoms with van der Waals surface area (Å²) in [4.78, 5) is 38.2. The lowest BCUT2D eigenvalue weighted by Crippen LogP contribution is -2.54. The van der Waals surface area contributed by atoms with E-state index in [2.05, 4.69) is 0 Å². The summed E-state index contributed by atoms with van der Waals surface area (Å²) in [5.41, 5.74) is 1.70. The van der Waals surface area contributed by atoms with E-state index in [0.29, 0.717) is 35.1 Å². The fourth-order valence-electron chi connectivity index (χ4n) is 4.14. The molecule has 7 heteroatoms. The van der Waals surface area contributed by atoms with Gasteiger partial charge in [0.25, 0.3) is 5.91 Å². The second kappa shape index (κ2) is 9.51. The van der Waals surface area contributed by atoms with E-state index in [1.165, 1.54) is 0 Å². The first kappa shape index (κ1) is 22.0. The van der Waals surface area contributed by atoms with Gasteiger partial charge in [-0.1, -0.05) is 47.5 Å². The number of rotatable bonds is 8. The van der Waals surface area contributed by atoms with Gasteiger partial charge >= 0.3 is 0 Å². The van der Waals surface area contributed by atoms with Crippen LogP contribution in [0.25, 0.3) is 0 Å². The Morgan fingerprint density at radius 2 is 1.77 bits per heavy atom. The van der Waals surface area contributed by atoms with Crippen molar-refractivity contribution in [2.45, 2.75) is 37.5 Å². The molecule has 0 radical (unpaired) electrons. The predicted molar refractivity (Wildman–Crippen MR) is 118 cm³/mol. The van der Waals surface area contributed by atoms with Crippen LogP contribution in [0.4, 0.5) is 0 Å². The number of hydrogen-bond acceptors (Lipinski definition) is 4. The molecule has 4 atom stereocenters. The Kier molecular flexibility index (Phi) is 6.75. The standard InChI is InChI=1S/C24H23Cl2NO4/c25-19-8-6-16(7-9-19)21-22(17-2-1-3-20(26)12-17)31-23(18(14-29)10-11-28)24(30)27(21)13-15-4-5-15/h1-3,6-9,11-12,14-15,18,21-23H,4-5,10,13H2/t18?,21-,22+,23+/m1/s1. The van der Waals surface area contributed by atoms with Crippen LogP contribution in [0.15, 0.2) is 48.5 Å². The van der Waals surface area contributed by atoms with E-state index < -0.39 is 24.2 Å². The predicted octanol–water partition coefficient (Wildman–Crippen LogP) is 4.82. The topological polar surface area (TPSA) is 63.7 Å². The smallest absolute Gasteiger partial charge is 0.253 e. The maximum Gasteiger partial charge on any atom is 0.253 e. The Morgan fingerprint density at radius 1 is 1.03 bits per heavy atom. The zero-order valence-corrected chi connectivity index (χ0v) is 18.3. The lowest BCUT2D eigenvalue weighted by molar-refractivity contribution is -0.182. The number of amides is 1. The third-order valence-corrected chi connectivity index (χ3v) is 6.40. The summed E-state index contributed by atoms with van der Waals surface area (Å²) in [6.07, 6.45) is 1.80. The highest BCUT2D eigenvalue weighted by Gasteiger charge is 2.48. The molecular formula is C24H23Cl2NO4. The van der Waals surface area contributed by atoms with E-state index >= 15 is 0 Å². The number of nitrogens with zero attached hydrogens (tertiary/aromatic N) is 1. The highest BCUT2D eigenvalue weighted by Crippen LogP contribution is 2.45. The summed E-state index contributed by atoms with van der Waals surface area (Å²) in [5.74, 6) is -0.665. The van der Waals surface area contributed by atoms with Gasteiger partial charge in [0.1, 0.15) is 24.8 Å². The first-order valence-electron chi connectivity index (χ1n) is 10.4. The third kappa shape index (κ3) is 4.84. The van der Waals surface area contributed by atoms with Crippen molar-refractivity contribution in [3.8, 4) is 0 Å². The molecule has 1 saturated heterocycles. The minimum absolute atomic E-state index is 0.0644. The molecule has 2 aromatic rings. The van der Waals surface area contributed by atoms with Gasteiger partial charge in [0.05, 0.1) is 12.0 Å². The van der Waals surface area contributed by atoms with Crippen molar-refractivity contribution in [3.63, 3.8) is 0 Å². The molecule has 1 heterocycles. The molecule has 0 bridgehead atoms. The van der Waals surface area contributed by atoms with Gasteiger partial charge in [-0.2, -0.15) is 0 Å². The van der Waals surface area contributed by atoms with E-state index in [0.717, 1.165) is 24.0 Å². The Labute approximate surface area is 191 Å². The molecule has 1 aliphatic heterocycles. The molecule has 5 nitrogen and oxygen atoms in total. The van der Waals surface area contributed by atoms with Crippen LogP contribution in [0, 0.1) is 11.8 Å². The van der Waals surface area contributed by atoms with Gasteiger partial charge < -0.3 is 19.2 Å². The number of morpholine rings is 1. The van der Waals surface area contributed by atoms with Crippen LogP contribution in [0.1, 0.15) is 42.5 Å². The number of ether oxygens (including phenoxy) is 1.